The molecule has 0 amide bonds. The molecule has 0 heterocycles. The maximum absolute atomic E-state index is 13.6. The number of halogens is 3. The summed E-state index contributed by atoms with van der Waals surface area (Å²) in [6.07, 6.45) is 4.48. The van der Waals surface area contributed by atoms with Gasteiger partial charge in [0.15, 0.2) is 0 Å². The lowest BCUT2D eigenvalue weighted by molar-refractivity contribution is -0.146. The predicted octanol–water partition coefficient (Wildman–Crippen LogP) is 5.06. The van der Waals surface area contributed by atoms with E-state index in [9.17, 15) is 18.4 Å². The van der Waals surface area contributed by atoms with Crippen LogP contribution in [0.1, 0.15) is 57.4 Å². The number of ether oxygens (including phenoxy) is 2. The number of unbranched alkanes of at least 4 members (excludes halogenated alkanes) is 3. The molecule has 0 fully saturated rings. The molecular formula is C18H23BrF2O4. The van der Waals surface area contributed by atoms with E-state index in [-0.39, 0.29) is 35.3 Å². The van der Waals surface area contributed by atoms with Gasteiger partial charge in [-0.3, -0.25) is 9.59 Å². The SMILES string of the molecule is CCCCCCOC(=O)CCCC(=O)OCc1c(F)cc(Br)cc1F. The van der Waals surface area contributed by atoms with Crippen molar-refractivity contribution in [3.63, 3.8) is 0 Å². The lowest BCUT2D eigenvalue weighted by Gasteiger charge is -2.08. The van der Waals surface area contributed by atoms with Crippen molar-refractivity contribution in [2.45, 2.75) is 58.5 Å². The van der Waals surface area contributed by atoms with E-state index < -0.39 is 24.2 Å². The summed E-state index contributed by atoms with van der Waals surface area (Å²) in [6.45, 7) is 2.02. The molecular weight excluding hydrogens is 398 g/mol. The van der Waals surface area contributed by atoms with Gasteiger partial charge in [-0.1, -0.05) is 42.1 Å². The Labute approximate surface area is 155 Å². The van der Waals surface area contributed by atoms with Gasteiger partial charge in [0.2, 0.25) is 0 Å². The summed E-state index contributed by atoms with van der Waals surface area (Å²) < 4.78 is 37.4. The van der Waals surface area contributed by atoms with Gasteiger partial charge in [0, 0.05) is 17.3 Å². The Morgan fingerprint density at radius 3 is 2.16 bits per heavy atom. The smallest absolute Gasteiger partial charge is 0.306 e. The third kappa shape index (κ3) is 8.95. The first-order chi connectivity index (χ1) is 11.9. The number of carbonyl (C=O) groups is 2. The van der Waals surface area contributed by atoms with Crippen LogP contribution in [-0.2, 0) is 25.7 Å². The van der Waals surface area contributed by atoms with E-state index in [4.69, 9.17) is 9.47 Å². The molecule has 0 saturated heterocycles. The van der Waals surface area contributed by atoms with E-state index in [0.29, 0.717) is 6.61 Å². The average Bonchev–Trinajstić information content (AvgIpc) is 2.53. The number of benzene rings is 1. The summed E-state index contributed by atoms with van der Waals surface area (Å²) >= 11 is 2.97. The normalized spacial score (nSPS) is 10.6. The number of hydrogen-bond acceptors (Lipinski definition) is 4. The second-order valence-corrected chi connectivity index (χ2v) is 6.56. The van der Waals surface area contributed by atoms with E-state index in [0.717, 1.165) is 37.8 Å². The molecule has 0 unspecified atom stereocenters. The Hall–Kier alpha value is -1.50. The van der Waals surface area contributed by atoms with Crippen LogP contribution in [0.25, 0.3) is 0 Å². The minimum atomic E-state index is -0.786. The summed E-state index contributed by atoms with van der Waals surface area (Å²) in [7, 11) is 0. The zero-order valence-electron chi connectivity index (χ0n) is 14.3. The van der Waals surface area contributed by atoms with Gasteiger partial charge >= 0.3 is 11.9 Å². The molecule has 0 aliphatic carbocycles. The molecule has 0 aliphatic rings. The minimum Gasteiger partial charge on any atom is -0.466 e. The van der Waals surface area contributed by atoms with Gasteiger partial charge in [-0.05, 0) is 25.0 Å². The van der Waals surface area contributed by atoms with Crippen molar-refractivity contribution < 1.29 is 27.8 Å². The Kier molecular flexibility index (Phi) is 10.3. The molecule has 0 aliphatic heterocycles. The van der Waals surface area contributed by atoms with Crippen molar-refractivity contribution in [2.75, 3.05) is 6.61 Å². The average molecular weight is 421 g/mol. The number of rotatable bonds is 11. The summed E-state index contributed by atoms with van der Waals surface area (Å²) in [6, 6.07) is 2.20. The first-order valence-electron chi connectivity index (χ1n) is 8.38. The highest BCUT2D eigenvalue weighted by Crippen LogP contribution is 2.20. The van der Waals surface area contributed by atoms with Crippen molar-refractivity contribution in [1.82, 2.24) is 0 Å². The van der Waals surface area contributed by atoms with Crippen LogP contribution in [-0.4, -0.2) is 18.5 Å². The second kappa shape index (κ2) is 12.0. The Balaban J connectivity index is 2.20. The van der Waals surface area contributed by atoms with Gasteiger partial charge in [-0.15, -0.1) is 0 Å². The highest BCUT2D eigenvalue weighted by atomic mass is 79.9. The third-order valence-electron chi connectivity index (χ3n) is 3.51. The summed E-state index contributed by atoms with van der Waals surface area (Å²) in [5.74, 6) is -2.54. The first kappa shape index (κ1) is 21.5. The van der Waals surface area contributed by atoms with Gasteiger partial charge in [0.1, 0.15) is 18.2 Å². The quantitative estimate of drug-likeness (QED) is 0.370. The van der Waals surface area contributed by atoms with Crippen molar-refractivity contribution in [3.05, 3.63) is 33.8 Å². The zero-order valence-corrected chi connectivity index (χ0v) is 15.9. The Morgan fingerprint density at radius 2 is 1.56 bits per heavy atom. The maximum atomic E-state index is 13.6. The van der Waals surface area contributed by atoms with Crippen molar-refractivity contribution in [2.24, 2.45) is 0 Å². The molecule has 0 N–H and O–H groups in total. The van der Waals surface area contributed by atoms with E-state index in [2.05, 4.69) is 22.9 Å². The molecule has 0 radical (unpaired) electrons. The summed E-state index contributed by atoms with van der Waals surface area (Å²) in [5, 5.41) is 0. The molecule has 0 saturated carbocycles. The van der Waals surface area contributed by atoms with E-state index in [1.165, 1.54) is 0 Å². The minimum absolute atomic E-state index is 0.00923. The molecule has 4 nitrogen and oxygen atoms in total. The lowest BCUT2D eigenvalue weighted by Crippen LogP contribution is -2.10. The van der Waals surface area contributed by atoms with Crippen LogP contribution >= 0.6 is 15.9 Å². The van der Waals surface area contributed by atoms with Crippen LogP contribution in [0.3, 0.4) is 0 Å². The van der Waals surface area contributed by atoms with Gasteiger partial charge in [0.05, 0.1) is 12.2 Å². The van der Waals surface area contributed by atoms with Crippen LogP contribution in [0.2, 0.25) is 0 Å². The van der Waals surface area contributed by atoms with E-state index >= 15 is 0 Å². The molecule has 0 bridgehead atoms. The summed E-state index contributed by atoms with van der Waals surface area (Å²) in [5.41, 5.74) is -0.303. The highest BCUT2D eigenvalue weighted by molar-refractivity contribution is 9.10. The van der Waals surface area contributed by atoms with Crippen LogP contribution < -0.4 is 0 Å². The highest BCUT2D eigenvalue weighted by Gasteiger charge is 2.13. The molecule has 1 rings (SSSR count). The van der Waals surface area contributed by atoms with Crippen LogP contribution in [0.5, 0.6) is 0 Å². The standard InChI is InChI=1S/C18H23BrF2O4/c1-2-3-4-5-9-24-17(22)7-6-8-18(23)25-12-14-15(20)10-13(19)11-16(14)21/h10-11H,2-9,12H2,1H3. The maximum Gasteiger partial charge on any atom is 0.306 e. The van der Waals surface area contributed by atoms with Gasteiger partial charge in [-0.2, -0.15) is 0 Å². The molecule has 0 aromatic heterocycles. The Morgan fingerprint density at radius 1 is 0.960 bits per heavy atom. The zero-order chi connectivity index (χ0) is 18.7. The van der Waals surface area contributed by atoms with Gasteiger partial charge < -0.3 is 9.47 Å². The van der Waals surface area contributed by atoms with E-state index in [1.807, 2.05) is 0 Å². The fraction of sp³-hybridized carbons (Fsp3) is 0.556. The number of esters is 2. The third-order valence-corrected chi connectivity index (χ3v) is 3.96. The van der Waals surface area contributed by atoms with Crippen LogP contribution in [0.4, 0.5) is 8.78 Å². The molecule has 7 heteroatoms. The van der Waals surface area contributed by atoms with Crippen molar-refractivity contribution in [1.29, 1.82) is 0 Å². The largest absolute Gasteiger partial charge is 0.466 e. The Bertz CT molecular complexity index is 555. The number of hydrogen-bond donors (Lipinski definition) is 0. The lowest BCUT2D eigenvalue weighted by atomic mass is 10.2. The fourth-order valence-corrected chi connectivity index (χ4v) is 2.50. The molecule has 140 valence electrons. The summed E-state index contributed by atoms with van der Waals surface area (Å²) in [4.78, 5) is 23.1. The number of carbonyl (C=O) groups excluding carboxylic acids is 2. The van der Waals surface area contributed by atoms with Crippen LogP contribution in [0.15, 0.2) is 16.6 Å². The van der Waals surface area contributed by atoms with Crippen molar-refractivity contribution >= 4 is 27.9 Å². The molecule has 0 atom stereocenters. The van der Waals surface area contributed by atoms with Crippen molar-refractivity contribution in [3.8, 4) is 0 Å². The molecule has 0 spiro atoms. The predicted molar refractivity (Wildman–Crippen MR) is 92.8 cm³/mol. The molecule has 1 aromatic rings. The topological polar surface area (TPSA) is 52.6 Å². The molecule has 1 aromatic carbocycles. The van der Waals surface area contributed by atoms with Gasteiger partial charge in [-0.25, -0.2) is 8.78 Å². The first-order valence-corrected chi connectivity index (χ1v) is 9.18. The van der Waals surface area contributed by atoms with Crippen LogP contribution in [0, 0.1) is 11.6 Å². The fourth-order valence-electron chi connectivity index (χ4n) is 2.10. The van der Waals surface area contributed by atoms with E-state index in [1.54, 1.807) is 0 Å². The monoisotopic (exact) mass is 420 g/mol. The molecule has 25 heavy (non-hydrogen) atoms. The second-order valence-electron chi connectivity index (χ2n) is 5.64. The van der Waals surface area contributed by atoms with Gasteiger partial charge in [0.25, 0.3) is 0 Å².